The zero-order valence-electron chi connectivity index (χ0n) is 15.3. The van der Waals surface area contributed by atoms with Gasteiger partial charge in [-0.1, -0.05) is 13.0 Å². The fraction of sp³-hybridized carbons (Fsp3) is 0.526. The van der Waals surface area contributed by atoms with Gasteiger partial charge in [-0.15, -0.1) is 0 Å². The number of rotatable bonds is 7. The van der Waals surface area contributed by atoms with Crippen LogP contribution in [0.3, 0.4) is 0 Å². The van der Waals surface area contributed by atoms with Crippen LogP contribution in [-0.2, 0) is 16.0 Å². The van der Waals surface area contributed by atoms with Gasteiger partial charge < -0.3 is 20.1 Å². The Hall–Kier alpha value is -2.57. The second kappa shape index (κ2) is 9.22. The molecule has 0 spiro atoms. The molecule has 2 rings (SSSR count). The van der Waals surface area contributed by atoms with Crippen molar-refractivity contribution in [2.75, 3.05) is 20.2 Å². The number of methoxy groups -OCH3 is 1. The Bertz CT molecular complexity index is 674. The van der Waals surface area contributed by atoms with Crippen molar-refractivity contribution >= 4 is 17.8 Å². The third-order valence-electron chi connectivity index (χ3n) is 4.66. The number of nitrogens with one attached hydrogen (secondary N) is 1. The van der Waals surface area contributed by atoms with Gasteiger partial charge >= 0.3 is 5.97 Å². The normalized spacial score (nSPS) is 16.8. The van der Waals surface area contributed by atoms with Gasteiger partial charge in [0.05, 0.1) is 12.7 Å². The van der Waals surface area contributed by atoms with E-state index >= 15 is 0 Å². The summed E-state index contributed by atoms with van der Waals surface area (Å²) in [6, 6.07) is 4.29. The van der Waals surface area contributed by atoms with Crippen LogP contribution < -0.4 is 10.1 Å². The highest BCUT2D eigenvalue weighted by atomic mass is 16.5. The van der Waals surface area contributed by atoms with E-state index in [0.29, 0.717) is 38.1 Å². The van der Waals surface area contributed by atoms with Crippen LogP contribution >= 0.6 is 0 Å². The number of hydrogen-bond acceptors (Lipinski definition) is 4. The third kappa shape index (κ3) is 4.74. The minimum absolute atomic E-state index is 0.00998. The molecule has 0 aromatic heterocycles. The van der Waals surface area contributed by atoms with Gasteiger partial charge in [0, 0.05) is 19.5 Å². The SMILES string of the molecule is CCC(=O)N1CCCCC1C(=O)NCCc1ccc(C(=O)O)cc1OC. The summed E-state index contributed by atoms with van der Waals surface area (Å²) in [5.41, 5.74) is 0.980. The van der Waals surface area contributed by atoms with Crippen LogP contribution in [0.5, 0.6) is 5.75 Å². The standard InChI is InChI=1S/C19H26N2O5/c1-3-17(22)21-11-5-4-6-15(21)18(23)20-10-9-13-7-8-14(19(24)25)12-16(13)26-2/h7-8,12,15H,3-6,9-11H2,1-2H3,(H,20,23)(H,24,25). The molecular formula is C19H26N2O5. The van der Waals surface area contributed by atoms with Crippen molar-refractivity contribution in [3.63, 3.8) is 0 Å². The maximum Gasteiger partial charge on any atom is 0.335 e. The Kier molecular flexibility index (Phi) is 7.00. The van der Waals surface area contributed by atoms with Gasteiger partial charge in [-0.25, -0.2) is 4.79 Å². The van der Waals surface area contributed by atoms with E-state index < -0.39 is 12.0 Å². The van der Waals surface area contributed by atoms with E-state index in [1.165, 1.54) is 19.2 Å². The maximum absolute atomic E-state index is 12.5. The van der Waals surface area contributed by atoms with Crippen molar-refractivity contribution in [3.05, 3.63) is 29.3 Å². The lowest BCUT2D eigenvalue weighted by Crippen LogP contribution is -2.52. The maximum atomic E-state index is 12.5. The summed E-state index contributed by atoms with van der Waals surface area (Å²) >= 11 is 0. The number of nitrogens with zero attached hydrogens (tertiary/aromatic N) is 1. The molecule has 1 fully saturated rings. The van der Waals surface area contributed by atoms with E-state index in [1.807, 2.05) is 0 Å². The number of aromatic carboxylic acids is 1. The van der Waals surface area contributed by atoms with E-state index in [2.05, 4.69) is 5.32 Å². The number of carboxylic acid groups (broad SMARTS) is 1. The zero-order valence-corrected chi connectivity index (χ0v) is 15.3. The first kappa shape index (κ1) is 19.8. The van der Waals surface area contributed by atoms with Crippen LogP contribution in [0.15, 0.2) is 18.2 Å². The number of ether oxygens (including phenoxy) is 1. The van der Waals surface area contributed by atoms with Crippen LogP contribution in [-0.4, -0.2) is 54.0 Å². The molecule has 1 aliphatic rings. The third-order valence-corrected chi connectivity index (χ3v) is 4.66. The molecule has 0 radical (unpaired) electrons. The number of amides is 2. The Balaban J connectivity index is 1.95. The van der Waals surface area contributed by atoms with Gasteiger partial charge in [-0.2, -0.15) is 0 Å². The van der Waals surface area contributed by atoms with Crippen molar-refractivity contribution in [2.24, 2.45) is 0 Å². The lowest BCUT2D eigenvalue weighted by Gasteiger charge is -2.34. The molecule has 1 unspecified atom stereocenters. The van der Waals surface area contributed by atoms with Gasteiger partial charge in [-0.3, -0.25) is 9.59 Å². The minimum atomic E-state index is -1.01. The Morgan fingerprint density at radius 1 is 1.31 bits per heavy atom. The molecule has 7 nitrogen and oxygen atoms in total. The van der Waals surface area contributed by atoms with Crippen LogP contribution in [0.4, 0.5) is 0 Å². The molecule has 0 saturated carbocycles. The molecular weight excluding hydrogens is 336 g/mol. The molecule has 1 saturated heterocycles. The predicted molar refractivity (Wildman–Crippen MR) is 96.3 cm³/mol. The molecule has 1 heterocycles. The van der Waals surface area contributed by atoms with E-state index in [4.69, 9.17) is 9.84 Å². The lowest BCUT2D eigenvalue weighted by molar-refractivity contribution is -0.142. The van der Waals surface area contributed by atoms with E-state index in [1.54, 1.807) is 17.9 Å². The highest BCUT2D eigenvalue weighted by Gasteiger charge is 2.30. The van der Waals surface area contributed by atoms with E-state index in [0.717, 1.165) is 18.4 Å². The summed E-state index contributed by atoms with van der Waals surface area (Å²) in [6.07, 6.45) is 3.48. The van der Waals surface area contributed by atoms with E-state index in [-0.39, 0.29) is 17.4 Å². The first-order valence-corrected chi connectivity index (χ1v) is 8.95. The van der Waals surface area contributed by atoms with Crippen molar-refractivity contribution in [1.82, 2.24) is 10.2 Å². The summed E-state index contributed by atoms with van der Waals surface area (Å²) in [6.45, 7) is 2.83. The molecule has 1 atom stereocenters. The topological polar surface area (TPSA) is 95.9 Å². The highest BCUT2D eigenvalue weighted by molar-refractivity contribution is 5.88. The Labute approximate surface area is 153 Å². The number of hydrogen-bond donors (Lipinski definition) is 2. The zero-order chi connectivity index (χ0) is 19.1. The number of carboxylic acids is 1. The van der Waals surface area contributed by atoms with Crippen molar-refractivity contribution < 1.29 is 24.2 Å². The van der Waals surface area contributed by atoms with Crippen LogP contribution in [0.1, 0.15) is 48.5 Å². The molecule has 0 bridgehead atoms. The molecule has 26 heavy (non-hydrogen) atoms. The minimum Gasteiger partial charge on any atom is -0.496 e. The fourth-order valence-electron chi connectivity index (χ4n) is 3.23. The Morgan fingerprint density at radius 2 is 2.08 bits per heavy atom. The monoisotopic (exact) mass is 362 g/mol. The highest BCUT2D eigenvalue weighted by Crippen LogP contribution is 2.21. The summed E-state index contributed by atoms with van der Waals surface area (Å²) in [5, 5.41) is 11.9. The number of carbonyl (C=O) groups excluding carboxylic acids is 2. The summed E-state index contributed by atoms with van der Waals surface area (Å²) in [5.74, 6) is -0.649. The van der Waals surface area contributed by atoms with Gasteiger partial charge in [-0.05, 0) is 43.4 Å². The molecule has 1 aromatic rings. The summed E-state index contributed by atoms with van der Waals surface area (Å²) < 4.78 is 5.24. The molecule has 2 N–H and O–H groups in total. The molecule has 7 heteroatoms. The summed E-state index contributed by atoms with van der Waals surface area (Å²) in [4.78, 5) is 37.2. The molecule has 142 valence electrons. The quantitative estimate of drug-likeness (QED) is 0.772. The number of benzene rings is 1. The summed E-state index contributed by atoms with van der Waals surface area (Å²) in [7, 11) is 1.49. The second-order valence-corrected chi connectivity index (χ2v) is 6.33. The van der Waals surface area contributed by atoms with Gasteiger partial charge in [0.25, 0.3) is 0 Å². The van der Waals surface area contributed by atoms with Crippen LogP contribution in [0.2, 0.25) is 0 Å². The van der Waals surface area contributed by atoms with Gasteiger partial charge in [0.2, 0.25) is 11.8 Å². The molecule has 1 aromatic carbocycles. The van der Waals surface area contributed by atoms with Crippen LogP contribution in [0, 0.1) is 0 Å². The first-order valence-electron chi connectivity index (χ1n) is 8.95. The smallest absolute Gasteiger partial charge is 0.335 e. The van der Waals surface area contributed by atoms with Crippen molar-refractivity contribution in [2.45, 2.75) is 45.1 Å². The van der Waals surface area contributed by atoms with E-state index in [9.17, 15) is 14.4 Å². The van der Waals surface area contributed by atoms with Gasteiger partial charge in [0.1, 0.15) is 11.8 Å². The van der Waals surface area contributed by atoms with Crippen LogP contribution in [0.25, 0.3) is 0 Å². The largest absolute Gasteiger partial charge is 0.496 e. The fourth-order valence-corrected chi connectivity index (χ4v) is 3.23. The predicted octanol–water partition coefficient (Wildman–Crippen LogP) is 1.84. The average Bonchev–Trinajstić information content (AvgIpc) is 2.67. The lowest BCUT2D eigenvalue weighted by atomic mass is 10.0. The van der Waals surface area contributed by atoms with Crippen molar-refractivity contribution in [3.8, 4) is 5.75 Å². The number of carbonyl (C=O) groups is 3. The van der Waals surface area contributed by atoms with Crippen molar-refractivity contribution in [1.29, 1.82) is 0 Å². The molecule has 0 aliphatic carbocycles. The second-order valence-electron chi connectivity index (χ2n) is 6.33. The van der Waals surface area contributed by atoms with Gasteiger partial charge in [0.15, 0.2) is 0 Å². The number of likely N-dealkylation sites (tertiary alicyclic amines) is 1. The average molecular weight is 362 g/mol. The Morgan fingerprint density at radius 3 is 2.73 bits per heavy atom. The first-order chi connectivity index (χ1) is 12.5. The molecule has 2 amide bonds. The number of piperidine rings is 1. The molecule has 1 aliphatic heterocycles.